The van der Waals surface area contributed by atoms with Gasteiger partial charge in [0.2, 0.25) is 5.95 Å². The van der Waals surface area contributed by atoms with Gasteiger partial charge in [0.1, 0.15) is 5.69 Å². The fourth-order valence-corrected chi connectivity index (χ4v) is 2.22. The van der Waals surface area contributed by atoms with E-state index in [0.29, 0.717) is 11.6 Å². The van der Waals surface area contributed by atoms with Crippen LogP contribution in [-0.2, 0) is 5.41 Å². The molecule has 0 aliphatic heterocycles. The molecule has 0 saturated carbocycles. The van der Waals surface area contributed by atoms with Gasteiger partial charge in [0.15, 0.2) is 0 Å². The minimum Gasteiger partial charge on any atom is -0.393 e. The smallest absolute Gasteiger partial charge is 0.297 e. The molecule has 2 aromatic heterocycles. The Bertz CT molecular complexity index is 798. The van der Waals surface area contributed by atoms with Crippen LogP contribution in [0.5, 0.6) is 0 Å². The van der Waals surface area contributed by atoms with Crippen molar-refractivity contribution < 1.29 is 0 Å². The molecule has 2 heterocycles. The van der Waals surface area contributed by atoms with Gasteiger partial charge in [-0.15, -0.1) is 0 Å². The number of nitrogens with two attached hydrogens (primary N) is 1. The highest BCUT2D eigenvalue weighted by Crippen LogP contribution is 2.24. The summed E-state index contributed by atoms with van der Waals surface area (Å²) in [7, 11) is 0. The van der Waals surface area contributed by atoms with Crippen molar-refractivity contribution in [2.75, 3.05) is 5.73 Å². The molecule has 0 atom stereocenters. The number of hydrogen-bond donors (Lipinski definition) is 3. The monoisotopic (exact) mass is 271 g/mol. The highest BCUT2D eigenvalue weighted by atomic mass is 16.1. The number of anilines is 1. The second kappa shape index (κ2) is 4.00. The number of rotatable bonds is 1. The van der Waals surface area contributed by atoms with Gasteiger partial charge in [0, 0.05) is 5.41 Å². The predicted molar refractivity (Wildman–Crippen MR) is 79.2 cm³/mol. The van der Waals surface area contributed by atoms with Crippen LogP contribution in [0, 0.1) is 0 Å². The molecule has 20 heavy (non-hydrogen) atoms. The Morgan fingerprint density at radius 1 is 1.25 bits per heavy atom. The van der Waals surface area contributed by atoms with Gasteiger partial charge < -0.3 is 10.7 Å². The fourth-order valence-electron chi connectivity index (χ4n) is 2.22. The lowest BCUT2D eigenvalue weighted by Gasteiger charge is -2.16. The first-order valence-corrected chi connectivity index (χ1v) is 6.44. The number of fused-ring (bicyclic) bond motifs is 1. The van der Waals surface area contributed by atoms with Gasteiger partial charge in [-0.25, -0.2) is 4.98 Å². The van der Waals surface area contributed by atoms with Crippen molar-refractivity contribution in [2.45, 2.75) is 26.2 Å². The zero-order valence-electron chi connectivity index (χ0n) is 11.7. The van der Waals surface area contributed by atoms with E-state index in [1.807, 2.05) is 45.0 Å². The fraction of sp³-hybridized carbons (Fsp3) is 0.286. The zero-order valence-corrected chi connectivity index (χ0v) is 11.7. The summed E-state index contributed by atoms with van der Waals surface area (Å²) < 4.78 is 1.36. The quantitative estimate of drug-likeness (QED) is 0.631. The third-order valence-electron chi connectivity index (χ3n) is 3.27. The first-order chi connectivity index (χ1) is 9.38. The summed E-state index contributed by atoms with van der Waals surface area (Å²) >= 11 is 0. The van der Waals surface area contributed by atoms with E-state index in [2.05, 4.69) is 15.1 Å². The number of hydrogen-bond acceptors (Lipinski definition) is 3. The first-order valence-electron chi connectivity index (χ1n) is 6.44. The lowest BCUT2D eigenvalue weighted by Crippen LogP contribution is -2.18. The van der Waals surface area contributed by atoms with E-state index in [1.54, 1.807) is 0 Å². The van der Waals surface area contributed by atoms with Crippen LogP contribution in [0.15, 0.2) is 29.1 Å². The summed E-state index contributed by atoms with van der Waals surface area (Å²) in [6.45, 7) is 5.99. The van der Waals surface area contributed by atoms with Crippen LogP contribution in [0.4, 0.5) is 5.69 Å². The van der Waals surface area contributed by atoms with Crippen molar-refractivity contribution in [3.05, 3.63) is 40.3 Å². The molecule has 1 aromatic carbocycles. The number of aromatic nitrogens is 4. The van der Waals surface area contributed by atoms with E-state index in [1.165, 1.54) is 4.68 Å². The molecule has 3 rings (SSSR count). The Morgan fingerprint density at radius 3 is 2.55 bits per heavy atom. The minimum absolute atomic E-state index is 0.234. The third-order valence-corrected chi connectivity index (χ3v) is 3.27. The normalized spacial score (nSPS) is 12.2. The topological polar surface area (TPSA) is 92.5 Å². The van der Waals surface area contributed by atoms with Gasteiger partial charge in [-0.1, -0.05) is 32.9 Å². The van der Waals surface area contributed by atoms with E-state index in [-0.39, 0.29) is 16.7 Å². The molecule has 3 aromatic rings. The number of nitrogens with one attached hydrogen (secondary N) is 2. The maximum absolute atomic E-state index is 12.3. The Morgan fingerprint density at radius 2 is 1.95 bits per heavy atom. The highest BCUT2D eigenvalue weighted by Gasteiger charge is 2.24. The first kappa shape index (κ1) is 12.5. The standard InChI is InChI=1S/C14H17N5O/c1-14(2,3)11-10(15)12(20)19(18-11)13-16-8-6-4-5-7-9(8)17-13/h4-7,18H,15H2,1-3H3,(H,16,17). The number of H-pyrrole nitrogens is 2. The number of nitrogen functional groups attached to an aromatic ring is 1. The van der Waals surface area contributed by atoms with Crippen LogP contribution in [0.1, 0.15) is 26.5 Å². The summed E-state index contributed by atoms with van der Waals surface area (Å²) in [5.74, 6) is 0.443. The maximum atomic E-state index is 12.3. The molecular formula is C14H17N5O. The number of imidazole rings is 1. The van der Waals surface area contributed by atoms with Crippen molar-refractivity contribution in [3.63, 3.8) is 0 Å². The molecule has 6 nitrogen and oxygen atoms in total. The number of nitrogens with zero attached hydrogens (tertiary/aromatic N) is 2. The molecule has 0 fully saturated rings. The molecule has 6 heteroatoms. The van der Waals surface area contributed by atoms with Crippen molar-refractivity contribution in [2.24, 2.45) is 0 Å². The molecule has 0 amide bonds. The molecule has 0 bridgehead atoms. The summed E-state index contributed by atoms with van der Waals surface area (Å²) in [6, 6.07) is 7.61. The average molecular weight is 271 g/mol. The highest BCUT2D eigenvalue weighted by molar-refractivity contribution is 5.76. The molecule has 0 unspecified atom stereocenters. The largest absolute Gasteiger partial charge is 0.393 e. The number of benzene rings is 1. The van der Waals surface area contributed by atoms with Crippen LogP contribution < -0.4 is 11.3 Å². The third kappa shape index (κ3) is 1.80. The van der Waals surface area contributed by atoms with Gasteiger partial charge in [-0.05, 0) is 12.1 Å². The van der Waals surface area contributed by atoms with Crippen LogP contribution >= 0.6 is 0 Å². The van der Waals surface area contributed by atoms with Crippen LogP contribution in [0.2, 0.25) is 0 Å². The second-order valence-electron chi connectivity index (χ2n) is 5.87. The Kier molecular flexibility index (Phi) is 2.50. The Hall–Kier alpha value is -2.50. The van der Waals surface area contributed by atoms with Gasteiger partial charge in [-0.3, -0.25) is 9.89 Å². The molecule has 0 aliphatic rings. The van der Waals surface area contributed by atoms with Crippen molar-refractivity contribution in [1.29, 1.82) is 0 Å². The van der Waals surface area contributed by atoms with E-state index >= 15 is 0 Å². The molecule has 0 saturated heterocycles. The number of para-hydroxylation sites is 2. The lowest BCUT2D eigenvalue weighted by molar-refractivity contribution is 0.560. The van der Waals surface area contributed by atoms with E-state index < -0.39 is 0 Å². The number of aromatic amines is 2. The van der Waals surface area contributed by atoms with Gasteiger partial charge in [0.05, 0.1) is 16.7 Å². The van der Waals surface area contributed by atoms with Crippen LogP contribution in [-0.4, -0.2) is 19.7 Å². The zero-order chi connectivity index (χ0) is 14.5. The van der Waals surface area contributed by atoms with E-state index in [9.17, 15) is 4.79 Å². The van der Waals surface area contributed by atoms with Gasteiger partial charge in [0.25, 0.3) is 5.56 Å². The molecule has 104 valence electrons. The van der Waals surface area contributed by atoms with Gasteiger partial charge in [-0.2, -0.15) is 4.68 Å². The van der Waals surface area contributed by atoms with Crippen LogP contribution in [0.25, 0.3) is 17.0 Å². The summed E-state index contributed by atoms with van der Waals surface area (Å²) in [5, 5.41) is 3.05. The average Bonchev–Trinajstić information content (AvgIpc) is 2.91. The predicted octanol–water partition coefficient (Wildman–Crippen LogP) is 1.92. The minimum atomic E-state index is -0.283. The maximum Gasteiger partial charge on any atom is 0.297 e. The summed E-state index contributed by atoms with van der Waals surface area (Å²) in [5.41, 5.74) is 8.02. The summed E-state index contributed by atoms with van der Waals surface area (Å²) in [4.78, 5) is 19.8. The molecular weight excluding hydrogens is 254 g/mol. The van der Waals surface area contributed by atoms with E-state index in [4.69, 9.17) is 5.73 Å². The molecule has 0 spiro atoms. The Balaban J connectivity index is 2.22. The second-order valence-corrected chi connectivity index (χ2v) is 5.87. The van der Waals surface area contributed by atoms with Crippen molar-refractivity contribution >= 4 is 16.7 Å². The molecule has 4 N–H and O–H groups in total. The lowest BCUT2D eigenvalue weighted by atomic mass is 9.91. The van der Waals surface area contributed by atoms with Gasteiger partial charge >= 0.3 is 0 Å². The van der Waals surface area contributed by atoms with Crippen molar-refractivity contribution in [3.8, 4) is 5.95 Å². The SMILES string of the molecule is CC(C)(C)c1[nH]n(-c2nc3ccccc3[nH]2)c(=O)c1N. The molecule has 0 radical (unpaired) electrons. The van der Waals surface area contributed by atoms with Crippen molar-refractivity contribution in [1.82, 2.24) is 19.7 Å². The molecule has 0 aliphatic carbocycles. The summed E-state index contributed by atoms with van der Waals surface area (Å²) in [6.07, 6.45) is 0. The Labute approximate surface area is 115 Å². The van der Waals surface area contributed by atoms with E-state index in [0.717, 1.165) is 11.0 Å². The van der Waals surface area contributed by atoms with Crippen LogP contribution in [0.3, 0.4) is 0 Å².